The number of halogens is 1. The van der Waals surface area contributed by atoms with Crippen molar-refractivity contribution in [3.8, 4) is 0 Å². The van der Waals surface area contributed by atoms with Crippen molar-refractivity contribution in [3.63, 3.8) is 0 Å². The number of guanidine groups is 1. The summed E-state index contributed by atoms with van der Waals surface area (Å²) in [7, 11) is 3.89. The van der Waals surface area contributed by atoms with Crippen LogP contribution in [0.2, 0.25) is 0 Å². The Morgan fingerprint density at radius 2 is 2.00 bits per heavy atom. The summed E-state index contributed by atoms with van der Waals surface area (Å²) in [4.78, 5) is 9.22. The molecule has 1 saturated heterocycles. The monoisotopic (exact) mass is 377 g/mol. The van der Waals surface area contributed by atoms with Gasteiger partial charge in [-0.25, -0.2) is 9.38 Å². The second kappa shape index (κ2) is 10.6. The van der Waals surface area contributed by atoms with Crippen LogP contribution in [0, 0.1) is 5.82 Å². The van der Waals surface area contributed by atoms with Crippen LogP contribution < -0.4 is 10.6 Å². The van der Waals surface area contributed by atoms with Gasteiger partial charge in [0.25, 0.3) is 0 Å². The number of aliphatic imine (C=N–C) groups is 1. The van der Waals surface area contributed by atoms with E-state index in [0.29, 0.717) is 30.7 Å². The van der Waals surface area contributed by atoms with Gasteiger partial charge in [-0.05, 0) is 65.4 Å². The van der Waals surface area contributed by atoms with Gasteiger partial charge in [0, 0.05) is 43.8 Å². The molecule has 1 fully saturated rings. The van der Waals surface area contributed by atoms with Gasteiger partial charge in [0.2, 0.25) is 0 Å². The summed E-state index contributed by atoms with van der Waals surface area (Å²) in [6.45, 7) is 10.8. The fourth-order valence-electron chi connectivity index (χ4n) is 3.43. The predicted octanol–water partition coefficient (Wildman–Crippen LogP) is 2.82. The van der Waals surface area contributed by atoms with Crippen LogP contribution in [0.3, 0.4) is 0 Å². The van der Waals surface area contributed by atoms with Crippen LogP contribution >= 0.6 is 0 Å². The molecule has 1 aromatic carbocycles. The van der Waals surface area contributed by atoms with Crippen LogP contribution in [0.5, 0.6) is 0 Å². The zero-order chi connectivity index (χ0) is 19.8. The van der Waals surface area contributed by atoms with Gasteiger partial charge < -0.3 is 20.4 Å². The van der Waals surface area contributed by atoms with Gasteiger partial charge in [0.1, 0.15) is 5.82 Å². The second-order valence-corrected chi connectivity index (χ2v) is 7.91. The molecule has 152 valence electrons. The lowest BCUT2D eigenvalue weighted by atomic mass is 10.0. The Labute approximate surface area is 164 Å². The molecule has 0 atom stereocenters. The zero-order valence-electron chi connectivity index (χ0n) is 17.6. The summed E-state index contributed by atoms with van der Waals surface area (Å²) >= 11 is 0. The largest absolute Gasteiger partial charge is 0.357 e. The fraction of sp³-hybridized carbons (Fsp3) is 0.667. The topological polar surface area (TPSA) is 42.9 Å². The van der Waals surface area contributed by atoms with E-state index in [2.05, 4.69) is 36.3 Å². The Bertz CT molecular complexity index is 607. The maximum absolute atomic E-state index is 14.0. The number of hydrogen-bond donors (Lipinski definition) is 2. The van der Waals surface area contributed by atoms with E-state index >= 15 is 0 Å². The molecule has 1 aliphatic rings. The van der Waals surface area contributed by atoms with E-state index in [4.69, 9.17) is 4.99 Å². The number of likely N-dealkylation sites (tertiary alicyclic amines) is 1. The Kier molecular flexibility index (Phi) is 8.51. The summed E-state index contributed by atoms with van der Waals surface area (Å²) in [5.41, 5.74) is 1.74. The van der Waals surface area contributed by atoms with Gasteiger partial charge >= 0.3 is 0 Å². The number of piperidine rings is 1. The van der Waals surface area contributed by atoms with Crippen molar-refractivity contribution in [2.75, 3.05) is 33.7 Å². The minimum atomic E-state index is -0.154. The average Bonchev–Trinajstić information content (AvgIpc) is 2.62. The number of benzene rings is 1. The number of nitrogens with zero attached hydrogens (tertiary/aromatic N) is 3. The van der Waals surface area contributed by atoms with E-state index in [1.807, 2.05) is 31.1 Å². The third-order valence-electron chi connectivity index (χ3n) is 4.96. The molecule has 0 bridgehead atoms. The predicted molar refractivity (Wildman–Crippen MR) is 111 cm³/mol. The highest BCUT2D eigenvalue weighted by Gasteiger charge is 2.21. The first kappa shape index (κ1) is 21.6. The van der Waals surface area contributed by atoms with Crippen LogP contribution in [0.25, 0.3) is 0 Å². The second-order valence-electron chi connectivity index (χ2n) is 7.91. The SMILES string of the molecule is CCNC(=NCc1ccc(F)c(CN(C)C)c1)NC1CCN(C(C)C)CC1. The molecule has 1 heterocycles. The first-order valence-electron chi connectivity index (χ1n) is 10.1. The number of rotatable bonds is 7. The zero-order valence-corrected chi connectivity index (χ0v) is 17.6. The van der Waals surface area contributed by atoms with E-state index in [9.17, 15) is 4.39 Å². The van der Waals surface area contributed by atoms with Crippen LogP contribution in [-0.2, 0) is 13.1 Å². The molecule has 5 nitrogen and oxygen atoms in total. The van der Waals surface area contributed by atoms with Crippen LogP contribution in [0.1, 0.15) is 44.7 Å². The summed E-state index contributed by atoms with van der Waals surface area (Å²) in [5, 5.41) is 6.91. The Hall–Kier alpha value is -1.66. The lowest BCUT2D eigenvalue weighted by molar-refractivity contribution is 0.167. The summed E-state index contributed by atoms with van der Waals surface area (Å²) < 4.78 is 14.0. The van der Waals surface area contributed by atoms with Gasteiger partial charge in [-0.3, -0.25) is 0 Å². The van der Waals surface area contributed by atoms with Crippen molar-refractivity contribution in [2.45, 2.75) is 58.8 Å². The van der Waals surface area contributed by atoms with Crippen molar-refractivity contribution in [1.29, 1.82) is 0 Å². The molecule has 0 spiro atoms. The van der Waals surface area contributed by atoms with Gasteiger partial charge in [-0.2, -0.15) is 0 Å². The quantitative estimate of drug-likeness (QED) is 0.566. The average molecular weight is 378 g/mol. The number of hydrogen-bond acceptors (Lipinski definition) is 3. The first-order chi connectivity index (χ1) is 12.9. The van der Waals surface area contributed by atoms with Crippen molar-refractivity contribution >= 4 is 5.96 Å². The van der Waals surface area contributed by atoms with Crippen molar-refractivity contribution in [1.82, 2.24) is 20.4 Å². The van der Waals surface area contributed by atoms with Crippen molar-refractivity contribution in [2.24, 2.45) is 4.99 Å². The highest BCUT2D eigenvalue weighted by molar-refractivity contribution is 5.80. The molecule has 0 aromatic heterocycles. The minimum Gasteiger partial charge on any atom is -0.357 e. The van der Waals surface area contributed by atoms with E-state index in [1.165, 1.54) is 0 Å². The van der Waals surface area contributed by atoms with Crippen LogP contribution in [0.4, 0.5) is 4.39 Å². The molecule has 1 aromatic rings. The molecule has 0 saturated carbocycles. The van der Waals surface area contributed by atoms with Gasteiger partial charge in [-0.15, -0.1) is 0 Å². The molecule has 0 radical (unpaired) electrons. The minimum absolute atomic E-state index is 0.154. The molecule has 2 rings (SSSR count). The highest BCUT2D eigenvalue weighted by Crippen LogP contribution is 2.14. The first-order valence-corrected chi connectivity index (χ1v) is 10.1. The summed E-state index contributed by atoms with van der Waals surface area (Å²) in [6, 6.07) is 6.36. The van der Waals surface area contributed by atoms with E-state index in [1.54, 1.807) is 6.07 Å². The standard InChI is InChI=1S/C21H36FN5/c1-6-23-21(25-19-9-11-27(12-10-19)16(2)3)24-14-17-7-8-20(22)18(13-17)15-26(4)5/h7-8,13,16,19H,6,9-12,14-15H2,1-5H3,(H2,23,24,25). The highest BCUT2D eigenvalue weighted by atomic mass is 19.1. The molecule has 6 heteroatoms. The molecule has 0 unspecified atom stereocenters. The lowest BCUT2D eigenvalue weighted by Gasteiger charge is -2.35. The third kappa shape index (κ3) is 7.11. The number of nitrogens with one attached hydrogen (secondary N) is 2. The van der Waals surface area contributed by atoms with Gasteiger partial charge in [0.15, 0.2) is 5.96 Å². The van der Waals surface area contributed by atoms with E-state index in [0.717, 1.165) is 44.0 Å². The molecule has 0 amide bonds. The molecule has 2 N–H and O–H groups in total. The molecule has 0 aliphatic carbocycles. The van der Waals surface area contributed by atoms with Gasteiger partial charge in [-0.1, -0.05) is 6.07 Å². The van der Waals surface area contributed by atoms with Gasteiger partial charge in [0.05, 0.1) is 6.54 Å². The molecule has 1 aliphatic heterocycles. The normalized spacial score (nSPS) is 17.0. The van der Waals surface area contributed by atoms with Crippen molar-refractivity contribution in [3.05, 3.63) is 35.1 Å². The van der Waals surface area contributed by atoms with Crippen LogP contribution in [-0.4, -0.2) is 61.6 Å². The molecular weight excluding hydrogens is 341 g/mol. The Morgan fingerprint density at radius 3 is 2.59 bits per heavy atom. The molecular formula is C21H36FN5. The molecule has 27 heavy (non-hydrogen) atoms. The third-order valence-corrected chi connectivity index (χ3v) is 4.96. The Balaban J connectivity index is 1.97. The smallest absolute Gasteiger partial charge is 0.191 e. The maximum atomic E-state index is 14.0. The van der Waals surface area contributed by atoms with E-state index in [-0.39, 0.29) is 5.82 Å². The van der Waals surface area contributed by atoms with Crippen molar-refractivity contribution < 1.29 is 4.39 Å². The lowest BCUT2D eigenvalue weighted by Crippen LogP contribution is -2.49. The maximum Gasteiger partial charge on any atom is 0.191 e. The fourth-order valence-corrected chi connectivity index (χ4v) is 3.43. The van der Waals surface area contributed by atoms with Crippen LogP contribution in [0.15, 0.2) is 23.2 Å². The van der Waals surface area contributed by atoms with E-state index < -0.39 is 0 Å². The Morgan fingerprint density at radius 1 is 1.30 bits per heavy atom. The summed E-state index contributed by atoms with van der Waals surface area (Å²) in [5.74, 6) is 0.692. The summed E-state index contributed by atoms with van der Waals surface area (Å²) in [6.07, 6.45) is 2.26.